The maximum Gasteiger partial charge on any atom is 0.317 e. The molecule has 2 amide bonds. The highest BCUT2D eigenvalue weighted by molar-refractivity contribution is 5.74. The van der Waals surface area contributed by atoms with Crippen LogP contribution in [0.5, 0.6) is 0 Å². The summed E-state index contributed by atoms with van der Waals surface area (Å²) in [4.78, 5) is 18.1. The normalized spacial score (nSPS) is 17.2. The maximum atomic E-state index is 13.2. The lowest BCUT2D eigenvalue weighted by Gasteiger charge is -2.32. The number of ether oxygens (including phenoxy) is 1. The van der Waals surface area contributed by atoms with E-state index in [0.717, 1.165) is 30.5 Å². The van der Waals surface area contributed by atoms with Gasteiger partial charge in [0.1, 0.15) is 0 Å². The van der Waals surface area contributed by atoms with Crippen molar-refractivity contribution in [1.29, 1.82) is 0 Å². The average Bonchev–Trinajstić information content (AvgIpc) is 2.68. The first-order valence-corrected chi connectivity index (χ1v) is 8.59. The smallest absolute Gasteiger partial charge is 0.317 e. The van der Waals surface area contributed by atoms with Crippen LogP contribution >= 0.6 is 0 Å². The third kappa shape index (κ3) is 4.98. The molecular weight excluding hydrogens is 340 g/mol. The Morgan fingerprint density at radius 3 is 2.92 bits per heavy atom. The van der Waals surface area contributed by atoms with Gasteiger partial charge in [-0.25, -0.2) is 13.6 Å². The van der Waals surface area contributed by atoms with Gasteiger partial charge in [0.25, 0.3) is 0 Å². The van der Waals surface area contributed by atoms with Crippen molar-refractivity contribution < 1.29 is 18.3 Å². The second kappa shape index (κ2) is 8.71. The molecule has 2 aromatic rings. The fourth-order valence-electron chi connectivity index (χ4n) is 2.90. The number of urea groups is 1. The molecule has 2 heterocycles. The van der Waals surface area contributed by atoms with Gasteiger partial charge in [-0.05, 0) is 42.2 Å². The van der Waals surface area contributed by atoms with Crippen LogP contribution in [0.2, 0.25) is 0 Å². The van der Waals surface area contributed by atoms with Gasteiger partial charge in [-0.1, -0.05) is 12.1 Å². The number of carbonyl (C=O) groups excluding carboxylic acids is 1. The number of carbonyl (C=O) groups is 1. The molecule has 1 fully saturated rings. The Labute approximate surface area is 151 Å². The molecule has 3 rings (SSSR count). The number of rotatable bonds is 5. The molecule has 1 aliphatic rings. The maximum absolute atomic E-state index is 13.2. The van der Waals surface area contributed by atoms with Crippen LogP contribution in [-0.2, 0) is 17.9 Å². The lowest BCUT2D eigenvalue weighted by molar-refractivity contribution is -0.000460. The number of nitrogens with zero attached hydrogens (tertiary/aromatic N) is 2. The van der Waals surface area contributed by atoms with E-state index in [1.54, 1.807) is 17.3 Å². The average molecular weight is 361 g/mol. The van der Waals surface area contributed by atoms with Crippen molar-refractivity contribution in [3.8, 4) is 0 Å². The Balaban J connectivity index is 1.47. The molecule has 1 saturated heterocycles. The van der Waals surface area contributed by atoms with Gasteiger partial charge in [-0.2, -0.15) is 0 Å². The minimum absolute atomic E-state index is 0.0297. The first-order valence-electron chi connectivity index (χ1n) is 8.59. The number of hydrogen-bond acceptors (Lipinski definition) is 3. The molecule has 7 heteroatoms. The zero-order valence-electron chi connectivity index (χ0n) is 14.3. The SMILES string of the molecule is O=C(NCc1ccc(F)c(F)c1)N1CCCC(OCc2cccnc2)C1. The predicted molar refractivity (Wildman–Crippen MR) is 92.2 cm³/mol. The number of amides is 2. The number of halogens is 2. The molecule has 0 spiro atoms. The molecule has 1 aromatic heterocycles. The van der Waals surface area contributed by atoms with Crippen LogP contribution in [0.25, 0.3) is 0 Å². The van der Waals surface area contributed by atoms with Crippen LogP contribution in [0.1, 0.15) is 24.0 Å². The van der Waals surface area contributed by atoms with Gasteiger partial charge >= 0.3 is 6.03 Å². The van der Waals surface area contributed by atoms with Crippen LogP contribution in [0.3, 0.4) is 0 Å². The fourth-order valence-corrected chi connectivity index (χ4v) is 2.90. The minimum Gasteiger partial charge on any atom is -0.372 e. The number of nitrogens with one attached hydrogen (secondary N) is 1. The fraction of sp³-hybridized carbons (Fsp3) is 0.368. The highest BCUT2D eigenvalue weighted by atomic mass is 19.2. The first-order chi connectivity index (χ1) is 12.6. The zero-order valence-corrected chi connectivity index (χ0v) is 14.3. The van der Waals surface area contributed by atoms with Gasteiger partial charge in [0, 0.05) is 32.0 Å². The lowest BCUT2D eigenvalue weighted by atomic mass is 10.1. The van der Waals surface area contributed by atoms with Crippen LogP contribution in [0.4, 0.5) is 13.6 Å². The summed E-state index contributed by atoms with van der Waals surface area (Å²) >= 11 is 0. The number of hydrogen-bond donors (Lipinski definition) is 1. The summed E-state index contributed by atoms with van der Waals surface area (Å²) in [7, 11) is 0. The van der Waals surface area contributed by atoms with Crippen molar-refractivity contribution in [1.82, 2.24) is 15.2 Å². The van der Waals surface area contributed by atoms with E-state index in [0.29, 0.717) is 25.3 Å². The molecule has 0 radical (unpaired) electrons. The van der Waals surface area contributed by atoms with E-state index in [4.69, 9.17) is 4.74 Å². The Bertz CT molecular complexity index is 743. The molecule has 1 aromatic carbocycles. The zero-order chi connectivity index (χ0) is 18.4. The van der Waals surface area contributed by atoms with Crippen molar-refractivity contribution in [2.45, 2.75) is 32.1 Å². The standard InChI is InChI=1S/C19H21F2N3O2/c20-17-6-5-14(9-18(17)21)11-23-19(25)24-8-2-4-16(12-24)26-13-15-3-1-7-22-10-15/h1,3,5-7,9-10,16H,2,4,8,11-13H2,(H,23,25). The van der Waals surface area contributed by atoms with Crippen molar-refractivity contribution in [2.24, 2.45) is 0 Å². The van der Waals surface area contributed by atoms with Crippen LogP contribution < -0.4 is 5.32 Å². The van der Waals surface area contributed by atoms with E-state index < -0.39 is 11.6 Å². The third-order valence-corrected chi connectivity index (χ3v) is 4.30. The quantitative estimate of drug-likeness (QED) is 0.889. The van der Waals surface area contributed by atoms with Gasteiger partial charge in [0.15, 0.2) is 11.6 Å². The molecular formula is C19H21F2N3O2. The lowest BCUT2D eigenvalue weighted by Crippen LogP contribution is -2.47. The Kier molecular flexibility index (Phi) is 6.12. The van der Waals surface area contributed by atoms with Crippen LogP contribution in [-0.4, -0.2) is 35.1 Å². The van der Waals surface area contributed by atoms with Gasteiger partial charge in [-0.15, -0.1) is 0 Å². The van der Waals surface area contributed by atoms with Crippen molar-refractivity contribution in [2.75, 3.05) is 13.1 Å². The summed E-state index contributed by atoms with van der Waals surface area (Å²) in [5.74, 6) is -1.82. The van der Waals surface area contributed by atoms with Crippen LogP contribution in [0.15, 0.2) is 42.7 Å². The van der Waals surface area contributed by atoms with Gasteiger partial charge < -0.3 is 15.0 Å². The second-order valence-corrected chi connectivity index (χ2v) is 6.29. The number of benzene rings is 1. The molecule has 1 unspecified atom stereocenters. The molecule has 0 bridgehead atoms. The first kappa shape index (κ1) is 18.3. The molecule has 1 N–H and O–H groups in total. The summed E-state index contributed by atoms with van der Waals surface area (Å²) in [6.07, 6.45) is 5.19. The molecule has 1 atom stereocenters. The van der Waals surface area contributed by atoms with E-state index in [2.05, 4.69) is 10.3 Å². The van der Waals surface area contributed by atoms with E-state index in [1.165, 1.54) is 6.07 Å². The predicted octanol–water partition coefficient (Wildman–Crippen LogP) is 3.25. The molecule has 1 aliphatic heterocycles. The second-order valence-electron chi connectivity index (χ2n) is 6.29. The molecule has 138 valence electrons. The Morgan fingerprint density at radius 1 is 1.27 bits per heavy atom. The van der Waals surface area contributed by atoms with E-state index in [-0.39, 0.29) is 18.7 Å². The van der Waals surface area contributed by atoms with E-state index in [1.807, 2.05) is 12.1 Å². The summed E-state index contributed by atoms with van der Waals surface area (Å²) in [5.41, 5.74) is 1.51. The summed E-state index contributed by atoms with van der Waals surface area (Å²) in [6.45, 7) is 1.76. The monoisotopic (exact) mass is 361 g/mol. The highest BCUT2D eigenvalue weighted by Gasteiger charge is 2.24. The number of likely N-dealkylation sites (tertiary alicyclic amines) is 1. The van der Waals surface area contributed by atoms with Gasteiger partial charge in [0.2, 0.25) is 0 Å². The van der Waals surface area contributed by atoms with Crippen molar-refractivity contribution in [3.05, 3.63) is 65.5 Å². The van der Waals surface area contributed by atoms with Crippen LogP contribution in [0, 0.1) is 11.6 Å². The Morgan fingerprint density at radius 2 is 2.15 bits per heavy atom. The number of piperidine rings is 1. The highest BCUT2D eigenvalue weighted by Crippen LogP contribution is 2.15. The molecule has 26 heavy (non-hydrogen) atoms. The van der Waals surface area contributed by atoms with Crippen molar-refractivity contribution >= 4 is 6.03 Å². The molecule has 5 nitrogen and oxygen atoms in total. The molecule has 0 saturated carbocycles. The number of aromatic nitrogens is 1. The summed E-state index contributed by atoms with van der Waals surface area (Å²) in [5, 5.41) is 2.74. The third-order valence-electron chi connectivity index (χ3n) is 4.30. The minimum atomic E-state index is -0.918. The molecule has 0 aliphatic carbocycles. The van der Waals surface area contributed by atoms with E-state index in [9.17, 15) is 13.6 Å². The Hall–Kier alpha value is -2.54. The van der Waals surface area contributed by atoms with Crippen molar-refractivity contribution in [3.63, 3.8) is 0 Å². The van der Waals surface area contributed by atoms with Gasteiger partial charge in [-0.3, -0.25) is 4.98 Å². The van der Waals surface area contributed by atoms with Gasteiger partial charge in [0.05, 0.1) is 12.7 Å². The summed E-state index contributed by atoms with van der Waals surface area (Å²) < 4.78 is 32.0. The van der Waals surface area contributed by atoms with E-state index >= 15 is 0 Å². The largest absolute Gasteiger partial charge is 0.372 e. The number of pyridine rings is 1. The summed E-state index contributed by atoms with van der Waals surface area (Å²) in [6, 6.07) is 7.17. The topological polar surface area (TPSA) is 54.5 Å².